The van der Waals surface area contributed by atoms with Gasteiger partial charge in [-0.2, -0.15) is 0 Å². The van der Waals surface area contributed by atoms with E-state index in [1.54, 1.807) is 37.4 Å². The van der Waals surface area contributed by atoms with Gasteiger partial charge >= 0.3 is 0 Å². The Labute approximate surface area is 144 Å². The van der Waals surface area contributed by atoms with E-state index >= 15 is 0 Å². The maximum Gasteiger partial charge on any atom is 0.263 e. The number of hydrogen-bond acceptors (Lipinski definition) is 3. The highest BCUT2D eigenvalue weighted by Crippen LogP contribution is 2.31. The van der Waals surface area contributed by atoms with Crippen molar-refractivity contribution in [1.82, 2.24) is 4.98 Å². The number of halogens is 2. The van der Waals surface area contributed by atoms with E-state index in [9.17, 15) is 8.42 Å². The van der Waals surface area contributed by atoms with E-state index < -0.39 is 10.0 Å². The lowest BCUT2D eigenvalue weighted by Crippen LogP contribution is -2.14. The van der Waals surface area contributed by atoms with Crippen molar-refractivity contribution in [2.75, 3.05) is 4.72 Å². The van der Waals surface area contributed by atoms with Gasteiger partial charge in [-0.3, -0.25) is 9.71 Å². The molecule has 23 heavy (non-hydrogen) atoms. The second-order valence-electron chi connectivity index (χ2n) is 5.01. The Kier molecular flexibility index (Phi) is 4.19. The summed E-state index contributed by atoms with van der Waals surface area (Å²) >= 11 is 12.0. The van der Waals surface area contributed by atoms with Crippen LogP contribution < -0.4 is 4.72 Å². The molecule has 0 saturated heterocycles. The van der Waals surface area contributed by atoms with Crippen LogP contribution in [-0.4, -0.2) is 13.4 Å². The van der Waals surface area contributed by atoms with Crippen LogP contribution in [-0.2, 0) is 10.0 Å². The molecule has 1 heterocycles. The number of aromatic nitrogens is 1. The molecule has 3 aromatic rings. The molecule has 1 aromatic heterocycles. The Balaban J connectivity index is 2.09. The van der Waals surface area contributed by atoms with E-state index in [1.165, 1.54) is 12.1 Å². The Bertz CT molecular complexity index is 999. The molecule has 0 saturated carbocycles. The van der Waals surface area contributed by atoms with Gasteiger partial charge in [0.15, 0.2) is 0 Å². The van der Waals surface area contributed by atoms with Crippen molar-refractivity contribution < 1.29 is 8.42 Å². The number of sulfonamides is 1. The smallest absolute Gasteiger partial charge is 0.263 e. The van der Waals surface area contributed by atoms with Crippen LogP contribution >= 0.6 is 23.2 Å². The molecule has 0 radical (unpaired) electrons. The van der Waals surface area contributed by atoms with Gasteiger partial charge in [0.1, 0.15) is 4.90 Å². The summed E-state index contributed by atoms with van der Waals surface area (Å²) in [7, 11) is -3.84. The minimum absolute atomic E-state index is 0.0121. The zero-order chi connectivity index (χ0) is 16.6. The molecule has 7 heteroatoms. The number of pyridine rings is 1. The van der Waals surface area contributed by atoms with Gasteiger partial charge in [0.25, 0.3) is 10.0 Å². The van der Waals surface area contributed by atoms with Gasteiger partial charge in [-0.15, -0.1) is 0 Å². The lowest BCUT2D eigenvalue weighted by Gasteiger charge is -2.12. The largest absolute Gasteiger partial charge is 0.279 e. The van der Waals surface area contributed by atoms with E-state index in [4.69, 9.17) is 23.2 Å². The van der Waals surface area contributed by atoms with Crippen LogP contribution in [0.5, 0.6) is 0 Å². The molecule has 0 spiro atoms. The van der Waals surface area contributed by atoms with Gasteiger partial charge in [-0.25, -0.2) is 8.42 Å². The van der Waals surface area contributed by atoms with Gasteiger partial charge < -0.3 is 0 Å². The molecule has 3 rings (SSSR count). The maximum absolute atomic E-state index is 12.7. The normalized spacial score (nSPS) is 11.6. The van der Waals surface area contributed by atoms with Gasteiger partial charge in [-0.05, 0) is 48.9 Å². The summed E-state index contributed by atoms with van der Waals surface area (Å²) in [5, 5.41) is 1.20. The minimum Gasteiger partial charge on any atom is -0.279 e. The van der Waals surface area contributed by atoms with Crippen LogP contribution in [0.25, 0.3) is 10.9 Å². The first-order valence-corrected chi connectivity index (χ1v) is 8.94. The van der Waals surface area contributed by atoms with Crippen LogP contribution in [0.3, 0.4) is 0 Å². The van der Waals surface area contributed by atoms with E-state index in [0.717, 1.165) is 0 Å². The molecule has 0 aliphatic carbocycles. The Morgan fingerprint density at radius 3 is 2.61 bits per heavy atom. The zero-order valence-electron chi connectivity index (χ0n) is 12.0. The third-order valence-corrected chi connectivity index (χ3v) is 5.63. The second-order valence-corrected chi connectivity index (χ2v) is 7.48. The Hall–Kier alpha value is -1.82. The van der Waals surface area contributed by atoms with Gasteiger partial charge in [0, 0.05) is 16.6 Å². The first kappa shape index (κ1) is 16.1. The van der Waals surface area contributed by atoms with E-state index in [-0.39, 0.29) is 9.92 Å². The summed E-state index contributed by atoms with van der Waals surface area (Å²) in [6.45, 7) is 1.72. The molecular formula is C16H12Cl2N2O2S. The fourth-order valence-electron chi connectivity index (χ4n) is 2.23. The molecule has 0 atom stereocenters. The lowest BCUT2D eigenvalue weighted by molar-refractivity contribution is 0.601. The number of hydrogen-bond donors (Lipinski definition) is 1. The maximum atomic E-state index is 12.7. The monoisotopic (exact) mass is 366 g/mol. The number of rotatable bonds is 3. The van der Waals surface area contributed by atoms with Gasteiger partial charge in [0.05, 0.1) is 16.2 Å². The SMILES string of the molecule is Cc1cc(S(=O)(=O)Nc2cccc3ncccc23)c(Cl)cc1Cl. The number of aryl methyl sites for hydroxylation is 1. The summed E-state index contributed by atoms with van der Waals surface area (Å²) in [6.07, 6.45) is 1.65. The van der Waals surface area contributed by atoms with Crippen molar-refractivity contribution in [2.45, 2.75) is 11.8 Å². The molecule has 4 nitrogen and oxygen atoms in total. The summed E-state index contributed by atoms with van der Waals surface area (Å²) in [4.78, 5) is 4.20. The highest BCUT2D eigenvalue weighted by atomic mass is 35.5. The highest BCUT2D eigenvalue weighted by molar-refractivity contribution is 7.92. The lowest BCUT2D eigenvalue weighted by atomic mass is 10.2. The molecule has 0 fully saturated rings. The van der Waals surface area contributed by atoms with Gasteiger partial charge in [-0.1, -0.05) is 29.3 Å². The number of fused-ring (bicyclic) bond motifs is 1. The first-order chi connectivity index (χ1) is 10.9. The fraction of sp³-hybridized carbons (Fsp3) is 0.0625. The Morgan fingerprint density at radius 2 is 1.83 bits per heavy atom. The quantitative estimate of drug-likeness (QED) is 0.733. The molecule has 0 bridgehead atoms. The topological polar surface area (TPSA) is 59.1 Å². The molecule has 0 aliphatic heterocycles. The predicted octanol–water partition coefficient (Wildman–Crippen LogP) is 4.65. The first-order valence-electron chi connectivity index (χ1n) is 6.71. The average Bonchev–Trinajstić information content (AvgIpc) is 2.51. The molecule has 0 aliphatic rings. The molecule has 118 valence electrons. The van der Waals surface area contributed by atoms with Crippen molar-refractivity contribution in [3.8, 4) is 0 Å². The van der Waals surface area contributed by atoms with Crippen molar-refractivity contribution >= 4 is 49.8 Å². The highest BCUT2D eigenvalue weighted by Gasteiger charge is 2.20. The van der Waals surface area contributed by atoms with Crippen LogP contribution in [0.2, 0.25) is 10.0 Å². The summed E-state index contributed by atoms with van der Waals surface area (Å²) in [6, 6.07) is 11.7. The van der Waals surface area contributed by atoms with Crippen molar-refractivity contribution in [3.05, 3.63) is 64.3 Å². The van der Waals surface area contributed by atoms with Crippen molar-refractivity contribution in [3.63, 3.8) is 0 Å². The molecule has 0 amide bonds. The van der Waals surface area contributed by atoms with Crippen molar-refractivity contribution in [1.29, 1.82) is 0 Å². The van der Waals surface area contributed by atoms with Crippen LogP contribution in [0.1, 0.15) is 5.56 Å². The number of anilines is 1. The Morgan fingerprint density at radius 1 is 1.04 bits per heavy atom. The fourth-order valence-corrected chi connectivity index (χ4v) is 4.14. The van der Waals surface area contributed by atoms with E-state index in [1.807, 2.05) is 6.07 Å². The molecule has 0 unspecified atom stereocenters. The number of nitrogens with zero attached hydrogens (tertiary/aromatic N) is 1. The minimum atomic E-state index is -3.84. The third kappa shape index (κ3) is 3.13. The summed E-state index contributed by atoms with van der Waals surface area (Å²) in [5.74, 6) is 0. The van der Waals surface area contributed by atoms with Crippen LogP contribution in [0.4, 0.5) is 5.69 Å². The van der Waals surface area contributed by atoms with E-state index in [0.29, 0.717) is 27.2 Å². The summed E-state index contributed by atoms with van der Waals surface area (Å²) in [5.41, 5.74) is 1.78. The van der Waals surface area contributed by atoms with Gasteiger partial charge in [0.2, 0.25) is 0 Å². The predicted molar refractivity (Wildman–Crippen MR) is 93.8 cm³/mol. The molecule has 2 aromatic carbocycles. The standard InChI is InChI=1S/C16H12Cl2N2O2S/c1-10-8-16(13(18)9-12(10)17)23(21,22)20-15-6-2-5-14-11(15)4-3-7-19-14/h2-9,20H,1H3. The number of benzene rings is 2. The van der Waals surface area contributed by atoms with Crippen molar-refractivity contribution in [2.24, 2.45) is 0 Å². The van der Waals surface area contributed by atoms with Crippen LogP contribution in [0, 0.1) is 6.92 Å². The summed E-state index contributed by atoms with van der Waals surface area (Å²) < 4.78 is 27.9. The second kappa shape index (κ2) is 6.00. The number of nitrogens with one attached hydrogen (secondary N) is 1. The van der Waals surface area contributed by atoms with E-state index in [2.05, 4.69) is 9.71 Å². The third-order valence-electron chi connectivity index (χ3n) is 3.39. The average molecular weight is 367 g/mol. The molecule has 1 N–H and O–H groups in total. The van der Waals surface area contributed by atoms with Crippen LogP contribution in [0.15, 0.2) is 53.6 Å². The zero-order valence-corrected chi connectivity index (χ0v) is 14.4. The molecular weight excluding hydrogens is 355 g/mol.